The zero-order chi connectivity index (χ0) is 13.1. The molecule has 2 aromatic rings. The van der Waals surface area contributed by atoms with E-state index in [1.54, 1.807) is 12.3 Å². The van der Waals surface area contributed by atoms with Gasteiger partial charge >= 0.3 is 0 Å². The van der Waals surface area contributed by atoms with Gasteiger partial charge in [0, 0.05) is 29.4 Å². The molecule has 1 aromatic carbocycles. The van der Waals surface area contributed by atoms with Gasteiger partial charge in [-0.25, -0.2) is 4.39 Å². The molecule has 18 heavy (non-hydrogen) atoms. The van der Waals surface area contributed by atoms with Crippen LogP contribution < -0.4 is 0 Å². The van der Waals surface area contributed by atoms with Gasteiger partial charge in [-0.05, 0) is 42.3 Å². The van der Waals surface area contributed by atoms with Crippen molar-refractivity contribution < 1.29 is 9.18 Å². The summed E-state index contributed by atoms with van der Waals surface area (Å²) in [5.74, 6) is -0.525. The molecule has 0 unspecified atom stereocenters. The van der Waals surface area contributed by atoms with E-state index in [9.17, 15) is 9.18 Å². The molecule has 0 atom stereocenters. The Hall–Kier alpha value is -1.74. The Kier molecular flexibility index (Phi) is 3.72. The number of aryl methyl sites for hydroxylation is 1. The predicted octanol–water partition coefficient (Wildman–Crippen LogP) is 3.61. The van der Waals surface area contributed by atoms with Crippen molar-refractivity contribution in [2.75, 3.05) is 0 Å². The second-order valence-corrected chi connectivity index (χ2v) is 4.49. The van der Waals surface area contributed by atoms with Crippen LogP contribution in [0.1, 0.15) is 21.5 Å². The highest BCUT2D eigenvalue weighted by atomic mass is 35.5. The molecule has 0 N–H and O–H groups in total. The minimum atomic E-state index is -0.399. The van der Waals surface area contributed by atoms with Gasteiger partial charge in [0.1, 0.15) is 5.82 Å². The molecule has 0 aliphatic rings. The first-order chi connectivity index (χ1) is 8.56. The molecule has 0 saturated carbocycles. The normalized spacial score (nSPS) is 10.4. The van der Waals surface area contributed by atoms with E-state index in [0.29, 0.717) is 16.1 Å². The van der Waals surface area contributed by atoms with Crippen molar-refractivity contribution in [3.63, 3.8) is 0 Å². The van der Waals surface area contributed by atoms with Gasteiger partial charge in [0.2, 0.25) is 0 Å². The second kappa shape index (κ2) is 5.27. The van der Waals surface area contributed by atoms with Crippen LogP contribution in [0, 0.1) is 12.7 Å². The number of benzene rings is 1. The minimum Gasteiger partial charge on any atom is -0.294 e. The van der Waals surface area contributed by atoms with Gasteiger partial charge in [-0.2, -0.15) is 0 Å². The predicted molar refractivity (Wildman–Crippen MR) is 68.4 cm³/mol. The molecule has 1 heterocycles. The molecule has 0 aliphatic carbocycles. The first-order valence-electron chi connectivity index (χ1n) is 5.45. The largest absolute Gasteiger partial charge is 0.294 e. The van der Waals surface area contributed by atoms with Gasteiger partial charge in [0.15, 0.2) is 5.78 Å². The maximum atomic E-state index is 13.1. The number of pyridine rings is 1. The van der Waals surface area contributed by atoms with E-state index in [-0.39, 0.29) is 12.2 Å². The van der Waals surface area contributed by atoms with Crippen LogP contribution in [0.4, 0.5) is 4.39 Å². The van der Waals surface area contributed by atoms with Gasteiger partial charge in [-0.15, -0.1) is 0 Å². The number of halogens is 2. The average Bonchev–Trinajstić information content (AvgIpc) is 2.34. The van der Waals surface area contributed by atoms with Crippen molar-refractivity contribution >= 4 is 17.4 Å². The number of nitrogens with zero attached hydrogens (tertiary/aromatic N) is 1. The number of aromatic nitrogens is 1. The number of carbonyl (C=O) groups is 1. The smallest absolute Gasteiger partial charge is 0.168 e. The molecule has 1 aromatic heterocycles. The van der Waals surface area contributed by atoms with E-state index in [1.807, 2.05) is 6.92 Å². The third-order valence-electron chi connectivity index (χ3n) is 2.56. The maximum absolute atomic E-state index is 13.1. The zero-order valence-electron chi connectivity index (χ0n) is 9.78. The monoisotopic (exact) mass is 263 g/mol. The van der Waals surface area contributed by atoms with Gasteiger partial charge in [0.05, 0.1) is 0 Å². The standard InChI is InChI=1S/C14H11ClFNO/c1-9-4-11(8-17-7-9)14(18)6-10-5-12(16)2-3-13(10)15/h2-5,7-8H,6H2,1H3. The van der Waals surface area contributed by atoms with Crippen LogP contribution in [0.15, 0.2) is 36.7 Å². The minimum absolute atomic E-state index is 0.0712. The van der Waals surface area contributed by atoms with Gasteiger partial charge in [0.25, 0.3) is 0 Å². The fourth-order valence-corrected chi connectivity index (χ4v) is 1.85. The van der Waals surface area contributed by atoms with Gasteiger partial charge in [-0.1, -0.05) is 11.6 Å². The quantitative estimate of drug-likeness (QED) is 0.792. The van der Waals surface area contributed by atoms with Crippen LogP contribution in [0.5, 0.6) is 0 Å². The maximum Gasteiger partial charge on any atom is 0.168 e. The summed E-state index contributed by atoms with van der Waals surface area (Å²) < 4.78 is 13.1. The lowest BCUT2D eigenvalue weighted by molar-refractivity contribution is 0.0992. The fraction of sp³-hybridized carbons (Fsp3) is 0.143. The summed E-state index contributed by atoms with van der Waals surface area (Å²) in [4.78, 5) is 16.0. The molecule has 0 radical (unpaired) electrons. The van der Waals surface area contributed by atoms with E-state index < -0.39 is 5.82 Å². The Morgan fingerprint density at radius 3 is 2.83 bits per heavy atom. The SMILES string of the molecule is Cc1cncc(C(=O)Cc2cc(F)ccc2Cl)c1. The summed E-state index contributed by atoms with van der Waals surface area (Å²) in [6.07, 6.45) is 3.25. The Balaban J connectivity index is 2.24. The molecule has 4 heteroatoms. The lowest BCUT2D eigenvalue weighted by atomic mass is 10.0. The lowest BCUT2D eigenvalue weighted by Gasteiger charge is -2.04. The van der Waals surface area contributed by atoms with Gasteiger partial charge < -0.3 is 0 Å². The zero-order valence-corrected chi connectivity index (χ0v) is 10.5. The second-order valence-electron chi connectivity index (χ2n) is 4.09. The van der Waals surface area contributed by atoms with Crippen molar-refractivity contribution in [1.82, 2.24) is 4.98 Å². The van der Waals surface area contributed by atoms with E-state index >= 15 is 0 Å². The molecule has 0 saturated heterocycles. The average molecular weight is 264 g/mol. The van der Waals surface area contributed by atoms with E-state index in [4.69, 9.17) is 11.6 Å². The summed E-state index contributed by atoms with van der Waals surface area (Å²) in [5, 5.41) is 0.394. The number of hydrogen-bond acceptors (Lipinski definition) is 2. The molecular formula is C14H11ClFNO. The fourth-order valence-electron chi connectivity index (χ4n) is 1.66. The molecule has 0 fully saturated rings. The van der Waals surface area contributed by atoms with E-state index in [1.165, 1.54) is 24.4 Å². The van der Waals surface area contributed by atoms with Crippen LogP contribution in [0.2, 0.25) is 5.02 Å². The first-order valence-corrected chi connectivity index (χ1v) is 5.83. The molecular weight excluding hydrogens is 253 g/mol. The highest BCUT2D eigenvalue weighted by Crippen LogP contribution is 2.19. The van der Waals surface area contributed by atoms with Crippen LogP contribution in [-0.2, 0) is 6.42 Å². The van der Waals surface area contributed by atoms with Crippen LogP contribution in [-0.4, -0.2) is 10.8 Å². The number of hydrogen-bond donors (Lipinski definition) is 0. The molecule has 0 amide bonds. The Labute approximate surface area is 109 Å². The highest BCUT2D eigenvalue weighted by molar-refractivity contribution is 6.31. The van der Waals surface area contributed by atoms with Crippen molar-refractivity contribution in [3.05, 3.63) is 64.2 Å². The topological polar surface area (TPSA) is 30.0 Å². The Morgan fingerprint density at radius 1 is 1.33 bits per heavy atom. The Morgan fingerprint density at radius 2 is 2.11 bits per heavy atom. The van der Waals surface area contributed by atoms with Crippen molar-refractivity contribution in [2.45, 2.75) is 13.3 Å². The summed E-state index contributed by atoms with van der Waals surface area (Å²) >= 11 is 5.92. The molecule has 92 valence electrons. The van der Waals surface area contributed by atoms with Crippen LogP contribution in [0.25, 0.3) is 0 Å². The lowest BCUT2D eigenvalue weighted by Crippen LogP contribution is -2.05. The van der Waals surface area contributed by atoms with Crippen molar-refractivity contribution in [2.24, 2.45) is 0 Å². The number of carbonyl (C=O) groups excluding carboxylic acids is 1. The van der Waals surface area contributed by atoms with E-state index in [0.717, 1.165) is 5.56 Å². The first kappa shape index (κ1) is 12.7. The summed E-state index contributed by atoms with van der Waals surface area (Å²) in [6, 6.07) is 5.75. The van der Waals surface area contributed by atoms with Crippen LogP contribution in [0.3, 0.4) is 0 Å². The number of Topliss-reactive ketones (excluding diaryl/α,β-unsaturated/α-hetero) is 1. The molecule has 2 rings (SSSR count). The Bertz CT molecular complexity index is 598. The van der Waals surface area contributed by atoms with Gasteiger partial charge in [-0.3, -0.25) is 9.78 Å². The van der Waals surface area contributed by atoms with Crippen molar-refractivity contribution in [3.8, 4) is 0 Å². The third-order valence-corrected chi connectivity index (χ3v) is 2.92. The molecule has 0 bridgehead atoms. The number of rotatable bonds is 3. The summed E-state index contributed by atoms with van der Waals surface area (Å²) in [5.41, 5.74) is 1.91. The number of ketones is 1. The molecule has 0 aliphatic heterocycles. The third kappa shape index (κ3) is 2.93. The highest BCUT2D eigenvalue weighted by Gasteiger charge is 2.11. The summed E-state index contributed by atoms with van der Waals surface area (Å²) in [7, 11) is 0. The van der Waals surface area contributed by atoms with Crippen molar-refractivity contribution in [1.29, 1.82) is 0 Å². The van der Waals surface area contributed by atoms with Crippen LogP contribution >= 0.6 is 11.6 Å². The molecule has 2 nitrogen and oxygen atoms in total. The van der Waals surface area contributed by atoms with E-state index in [2.05, 4.69) is 4.98 Å². The summed E-state index contributed by atoms with van der Waals surface area (Å²) in [6.45, 7) is 1.86. The molecule has 0 spiro atoms.